The Kier molecular flexibility index (Phi) is 4.12. The fourth-order valence-corrected chi connectivity index (χ4v) is 4.49. The minimum atomic E-state index is -0.916. The largest absolute Gasteiger partial charge is 0.507 e. The monoisotopic (exact) mass is 379 g/mol. The summed E-state index contributed by atoms with van der Waals surface area (Å²) in [6, 6.07) is 11.0. The van der Waals surface area contributed by atoms with E-state index in [0.29, 0.717) is 23.1 Å². The average molecular weight is 379 g/mol. The number of nitrogens with zero attached hydrogens (tertiary/aromatic N) is 4. The Morgan fingerprint density at radius 3 is 2.89 bits per heavy atom. The van der Waals surface area contributed by atoms with Crippen LogP contribution in [0.2, 0.25) is 0 Å². The molecule has 28 heavy (non-hydrogen) atoms. The molecule has 2 fully saturated rings. The molecule has 7 heteroatoms. The van der Waals surface area contributed by atoms with E-state index >= 15 is 0 Å². The van der Waals surface area contributed by atoms with E-state index < -0.39 is 6.17 Å². The SMILES string of the molecule is CN(c1ccc(-c2cc3ncccc3cc2O)nn1)[C@@H]1C[C@H]2CC[C@H](N2)[C@@H]1F. The maximum atomic E-state index is 14.8. The van der Waals surface area contributed by atoms with Gasteiger partial charge in [0.2, 0.25) is 0 Å². The van der Waals surface area contributed by atoms with Crippen molar-refractivity contribution >= 4 is 16.7 Å². The molecule has 2 bridgehead atoms. The maximum absolute atomic E-state index is 14.8. The first-order valence-electron chi connectivity index (χ1n) is 9.65. The number of phenolic OH excluding ortho intramolecular Hbond substituents is 1. The quantitative estimate of drug-likeness (QED) is 0.729. The Labute approximate surface area is 162 Å². The fraction of sp³-hybridized carbons (Fsp3) is 0.381. The van der Waals surface area contributed by atoms with Gasteiger partial charge in [-0.05, 0) is 49.6 Å². The number of aromatic hydroxyl groups is 1. The highest BCUT2D eigenvalue weighted by molar-refractivity contribution is 5.87. The summed E-state index contributed by atoms with van der Waals surface area (Å²) in [5.74, 6) is 0.769. The molecule has 3 aromatic rings. The zero-order valence-electron chi connectivity index (χ0n) is 15.6. The Morgan fingerprint density at radius 2 is 2.07 bits per heavy atom. The highest BCUT2D eigenvalue weighted by Crippen LogP contribution is 2.34. The van der Waals surface area contributed by atoms with Crippen molar-refractivity contribution in [3.8, 4) is 17.0 Å². The Bertz CT molecular complexity index is 1010. The molecule has 2 N–H and O–H groups in total. The topological polar surface area (TPSA) is 74.2 Å². The molecule has 2 aliphatic heterocycles. The molecule has 4 heterocycles. The third kappa shape index (κ3) is 2.86. The van der Waals surface area contributed by atoms with E-state index in [2.05, 4.69) is 20.5 Å². The molecule has 0 unspecified atom stereocenters. The molecule has 144 valence electrons. The smallest absolute Gasteiger partial charge is 0.151 e. The molecule has 2 aliphatic rings. The number of rotatable bonds is 3. The van der Waals surface area contributed by atoms with Crippen molar-refractivity contribution in [1.29, 1.82) is 0 Å². The molecule has 2 saturated heterocycles. The number of pyridine rings is 1. The lowest BCUT2D eigenvalue weighted by Crippen LogP contribution is -2.55. The number of piperidine rings is 1. The van der Waals surface area contributed by atoms with Gasteiger partial charge in [0.05, 0.1) is 17.3 Å². The first-order chi connectivity index (χ1) is 13.6. The van der Waals surface area contributed by atoms with Crippen LogP contribution in [0, 0.1) is 0 Å². The summed E-state index contributed by atoms with van der Waals surface area (Å²) in [6.45, 7) is 0. The van der Waals surface area contributed by atoms with Crippen LogP contribution < -0.4 is 10.2 Å². The lowest BCUT2D eigenvalue weighted by Gasteiger charge is -2.38. The van der Waals surface area contributed by atoms with Crippen molar-refractivity contribution in [3.63, 3.8) is 0 Å². The number of nitrogens with one attached hydrogen (secondary N) is 1. The first kappa shape index (κ1) is 17.3. The van der Waals surface area contributed by atoms with Crippen LogP contribution in [-0.2, 0) is 0 Å². The van der Waals surface area contributed by atoms with Crippen molar-refractivity contribution in [2.24, 2.45) is 0 Å². The zero-order chi connectivity index (χ0) is 19.3. The fourth-order valence-electron chi connectivity index (χ4n) is 4.49. The van der Waals surface area contributed by atoms with Gasteiger partial charge < -0.3 is 15.3 Å². The summed E-state index contributed by atoms with van der Waals surface area (Å²) < 4.78 is 14.8. The van der Waals surface area contributed by atoms with E-state index in [-0.39, 0.29) is 17.8 Å². The number of anilines is 1. The second-order valence-electron chi connectivity index (χ2n) is 7.75. The summed E-state index contributed by atoms with van der Waals surface area (Å²) >= 11 is 0. The first-order valence-corrected chi connectivity index (χ1v) is 9.65. The van der Waals surface area contributed by atoms with Crippen LogP contribution in [0.1, 0.15) is 19.3 Å². The van der Waals surface area contributed by atoms with Crippen molar-refractivity contribution in [2.75, 3.05) is 11.9 Å². The number of phenols is 1. The second kappa shape index (κ2) is 6.67. The van der Waals surface area contributed by atoms with E-state index in [9.17, 15) is 9.50 Å². The van der Waals surface area contributed by atoms with Crippen LogP contribution in [0.15, 0.2) is 42.6 Å². The predicted octanol–water partition coefficient (Wildman–Crippen LogP) is 3.06. The van der Waals surface area contributed by atoms with E-state index in [1.165, 1.54) is 0 Å². The third-order valence-corrected chi connectivity index (χ3v) is 6.06. The standard InChI is InChI=1S/C21H22FN5O/c1-27(18-10-13-4-5-16(24-13)21(18)22)20-7-6-15(25-26-20)14-11-17-12(9-19(14)28)3-2-8-23-17/h2-3,6-9,11,13,16,18,21,24,28H,4-5,10H2,1H3/t13-,16+,18-,21+/m1/s1. The van der Waals surface area contributed by atoms with Crippen molar-refractivity contribution in [3.05, 3.63) is 42.6 Å². The van der Waals surface area contributed by atoms with E-state index in [4.69, 9.17) is 0 Å². The predicted molar refractivity (Wildman–Crippen MR) is 106 cm³/mol. The molecule has 0 amide bonds. The van der Waals surface area contributed by atoms with E-state index in [1.54, 1.807) is 18.3 Å². The number of fused-ring (bicyclic) bond motifs is 3. The number of hydrogen-bond donors (Lipinski definition) is 2. The minimum absolute atomic E-state index is 0.0551. The maximum Gasteiger partial charge on any atom is 0.151 e. The Morgan fingerprint density at radius 1 is 1.18 bits per heavy atom. The van der Waals surface area contributed by atoms with Gasteiger partial charge in [0.15, 0.2) is 5.82 Å². The van der Waals surface area contributed by atoms with Gasteiger partial charge in [-0.3, -0.25) is 4.98 Å². The normalized spacial score (nSPS) is 26.5. The number of aromatic nitrogens is 3. The molecule has 0 spiro atoms. The summed E-state index contributed by atoms with van der Waals surface area (Å²) in [4.78, 5) is 6.23. The van der Waals surface area contributed by atoms with Gasteiger partial charge in [-0.2, -0.15) is 0 Å². The molecule has 5 rings (SSSR count). The molecule has 0 aliphatic carbocycles. The minimum Gasteiger partial charge on any atom is -0.507 e. The van der Waals surface area contributed by atoms with Gasteiger partial charge in [-0.25, -0.2) is 4.39 Å². The van der Waals surface area contributed by atoms with Gasteiger partial charge in [-0.15, -0.1) is 10.2 Å². The Balaban J connectivity index is 1.42. The summed E-state index contributed by atoms with van der Waals surface area (Å²) in [5, 5.41) is 23.2. The van der Waals surface area contributed by atoms with Crippen LogP contribution in [0.5, 0.6) is 5.75 Å². The number of alkyl halides is 1. The molecule has 1 aromatic carbocycles. The number of benzene rings is 1. The van der Waals surface area contributed by atoms with Gasteiger partial charge in [0, 0.05) is 36.3 Å². The molecule has 6 nitrogen and oxygen atoms in total. The van der Waals surface area contributed by atoms with Crippen LogP contribution >= 0.6 is 0 Å². The summed E-state index contributed by atoms with van der Waals surface area (Å²) in [5.41, 5.74) is 1.92. The van der Waals surface area contributed by atoms with Crippen LogP contribution in [0.3, 0.4) is 0 Å². The highest BCUT2D eigenvalue weighted by atomic mass is 19.1. The lowest BCUT2D eigenvalue weighted by molar-refractivity contribution is 0.176. The summed E-state index contributed by atoms with van der Waals surface area (Å²) in [6.07, 6.45) is 3.51. The third-order valence-electron chi connectivity index (χ3n) is 6.06. The molecule has 4 atom stereocenters. The van der Waals surface area contributed by atoms with Crippen molar-refractivity contribution < 1.29 is 9.50 Å². The van der Waals surface area contributed by atoms with Crippen LogP contribution in [0.4, 0.5) is 10.2 Å². The number of hydrogen-bond acceptors (Lipinski definition) is 6. The molecule has 0 saturated carbocycles. The van der Waals surface area contributed by atoms with Gasteiger partial charge >= 0.3 is 0 Å². The van der Waals surface area contributed by atoms with Crippen molar-refractivity contribution in [1.82, 2.24) is 20.5 Å². The van der Waals surface area contributed by atoms with E-state index in [1.807, 2.05) is 36.2 Å². The van der Waals surface area contributed by atoms with Gasteiger partial charge in [0.25, 0.3) is 0 Å². The van der Waals surface area contributed by atoms with Gasteiger partial charge in [-0.1, -0.05) is 6.07 Å². The average Bonchev–Trinajstić information content (AvgIpc) is 3.13. The Hall–Kier alpha value is -2.80. The summed E-state index contributed by atoms with van der Waals surface area (Å²) in [7, 11) is 1.88. The van der Waals surface area contributed by atoms with Crippen LogP contribution in [0.25, 0.3) is 22.2 Å². The van der Waals surface area contributed by atoms with Crippen LogP contribution in [-0.4, -0.2) is 51.6 Å². The molecular weight excluding hydrogens is 357 g/mol. The molecular formula is C21H22FN5O. The molecule has 0 radical (unpaired) electrons. The van der Waals surface area contributed by atoms with Crippen molar-refractivity contribution in [2.45, 2.75) is 43.6 Å². The van der Waals surface area contributed by atoms with Gasteiger partial charge in [0.1, 0.15) is 11.9 Å². The molecule has 2 aromatic heterocycles. The second-order valence-corrected chi connectivity index (χ2v) is 7.75. The number of halogens is 1. The lowest BCUT2D eigenvalue weighted by atomic mass is 9.96. The highest BCUT2D eigenvalue weighted by Gasteiger charge is 2.43. The van der Waals surface area contributed by atoms with E-state index in [0.717, 1.165) is 30.2 Å². The zero-order valence-corrected chi connectivity index (χ0v) is 15.6.